The molecule has 0 radical (unpaired) electrons. The van der Waals surface area contributed by atoms with Gasteiger partial charge in [0.1, 0.15) is 13.2 Å². The third kappa shape index (κ3) is 6.97. The van der Waals surface area contributed by atoms with Crippen LogP contribution in [0.25, 0.3) is 0 Å². The van der Waals surface area contributed by atoms with Gasteiger partial charge < -0.3 is 9.47 Å². The van der Waals surface area contributed by atoms with E-state index in [1.165, 1.54) is 0 Å². The Morgan fingerprint density at radius 3 is 2.16 bits per heavy atom. The molecule has 0 fully saturated rings. The van der Waals surface area contributed by atoms with Crippen LogP contribution < -0.4 is 0 Å². The minimum atomic E-state index is -4.24. The maximum Gasteiger partial charge on any atom is 0.377 e. The van der Waals surface area contributed by atoms with Gasteiger partial charge in [-0.25, -0.2) is 13.6 Å². The first-order chi connectivity index (χ1) is 8.70. The van der Waals surface area contributed by atoms with Gasteiger partial charge in [0, 0.05) is 0 Å². The number of carbonyl (C=O) groups is 2. The van der Waals surface area contributed by atoms with E-state index >= 15 is 0 Å². The fraction of sp³-hybridized carbons (Fsp3) is 0.818. The van der Waals surface area contributed by atoms with Crippen LogP contribution in [0.1, 0.15) is 26.7 Å². The molecule has 0 aliphatic heterocycles. The number of hydrogen-bond donors (Lipinski definition) is 0. The lowest BCUT2D eigenvalue weighted by molar-refractivity contribution is -0.179. The molecule has 1 unspecified atom stereocenters. The van der Waals surface area contributed by atoms with Crippen LogP contribution in [-0.4, -0.2) is 37.5 Å². The van der Waals surface area contributed by atoms with Crippen molar-refractivity contribution in [2.24, 2.45) is 5.92 Å². The molecular weight excluding hydrogens is 272 g/mol. The first-order valence-electron chi connectivity index (χ1n) is 5.70. The van der Waals surface area contributed by atoms with Gasteiger partial charge >= 0.3 is 17.9 Å². The summed E-state index contributed by atoms with van der Waals surface area (Å²) in [5, 5.41) is 0. The summed E-state index contributed by atoms with van der Waals surface area (Å²) in [6.07, 6.45) is -4.66. The van der Waals surface area contributed by atoms with E-state index in [4.69, 9.17) is 0 Å². The van der Waals surface area contributed by atoms with Gasteiger partial charge in [-0.3, -0.25) is 4.79 Å². The second-order valence-corrected chi connectivity index (χ2v) is 3.91. The molecule has 0 saturated heterocycles. The number of rotatable bonds is 8. The van der Waals surface area contributed by atoms with Gasteiger partial charge in [-0.2, -0.15) is 8.78 Å². The Balaban J connectivity index is 3.95. The van der Waals surface area contributed by atoms with Crippen LogP contribution in [0.15, 0.2) is 0 Å². The van der Waals surface area contributed by atoms with Crippen LogP contribution in [0, 0.1) is 5.92 Å². The number of hydrogen-bond acceptors (Lipinski definition) is 4. The van der Waals surface area contributed by atoms with Crippen molar-refractivity contribution in [2.45, 2.75) is 39.0 Å². The number of halogens is 4. The Morgan fingerprint density at radius 1 is 1.16 bits per heavy atom. The highest BCUT2D eigenvalue weighted by atomic mass is 19.3. The van der Waals surface area contributed by atoms with E-state index in [1.807, 2.05) is 0 Å². The van der Waals surface area contributed by atoms with E-state index in [0.29, 0.717) is 6.42 Å². The molecule has 1 atom stereocenters. The minimum absolute atomic E-state index is 0.351. The van der Waals surface area contributed by atoms with Gasteiger partial charge in [-0.05, 0) is 6.42 Å². The molecule has 0 aliphatic rings. The Hall–Kier alpha value is -1.34. The molecule has 0 bridgehead atoms. The molecule has 0 aromatic carbocycles. The zero-order chi connectivity index (χ0) is 15.1. The van der Waals surface area contributed by atoms with Crippen LogP contribution in [-0.2, 0) is 19.1 Å². The third-order valence-electron chi connectivity index (χ3n) is 2.28. The minimum Gasteiger partial charge on any atom is -0.462 e. The molecule has 0 N–H and O–H groups in total. The van der Waals surface area contributed by atoms with Gasteiger partial charge in [0.15, 0.2) is 0 Å². The van der Waals surface area contributed by atoms with E-state index in [-0.39, 0.29) is 12.5 Å². The molecule has 0 amide bonds. The highest BCUT2D eigenvalue weighted by molar-refractivity contribution is 5.77. The van der Waals surface area contributed by atoms with E-state index in [2.05, 4.69) is 9.47 Å². The Kier molecular flexibility index (Phi) is 7.40. The van der Waals surface area contributed by atoms with Crippen molar-refractivity contribution in [1.82, 2.24) is 0 Å². The molecule has 0 spiro atoms. The topological polar surface area (TPSA) is 52.6 Å². The first-order valence-corrected chi connectivity index (χ1v) is 5.70. The van der Waals surface area contributed by atoms with Gasteiger partial charge in [0.05, 0.1) is 12.3 Å². The van der Waals surface area contributed by atoms with Crippen molar-refractivity contribution in [3.8, 4) is 0 Å². The van der Waals surface area contributed by atoms with Crippen molar-refractivity contribution in [3.05, 3.63) is 0 Å². The number of carbonyl (C=O) groups excluding carboxylic acids is 2. The molecule has 0 rings (SSSR count). The molecular formula is C11H16F4O4. The highest BCUT2D eigenvalue weighted by Gasteiger charge is 2.43. The average Bonchev–Trinajstić information content (AvgIpc) is 2.31. The number of alkyl halides is 4. The monoisotopic (exact) mass is 288 g/mol. The fourth-order valence-corrected chi connectivity index (χ4v) is 0.968. The lowest BCUT2D eigenvalue weighted by Gasteiger charge is -2.15. The summed E-state index contributed by atoms with van der Waals surface area (Å²) in [6.45, 7) is 2.39. The number of esters is 2. The lowest BCUT2D eigenvalue weighted by Crippen LogP contribution is -2.33. The van der Waals surface area contributed by atoms with Crippen LogP contribution >= 0.6 is 0 Å². The maximum absolute atomic E-state index is 12.8. The molecule has 0 aromatic heterocycles. The fourth-order valence-electron chi connectivity index (χ4n) is 0.968. The van der Waals surface area contributed by atoms with Crippen molar-refractivity contribution in [3.63, 3.8) is 0 Å². The van der Waals surface area contributed by atoms with Gasteiger partial charge in [-0.1, -0.05) is 13.8 Å². The average molecular weight is 288 g/mol. The Labute approximate surface area is 108 Å². The van der Waals surface area contributed by atoms with Crippen LogP contribution in [0.3, 0.4) is 0 Å². The summed E-state index contributed by atoms with van der Waals surface area (Å²) in [7, 11) is 0. The summed E-state index contributed by atoms with van der Waals surface area (Å²) >= 11 is 0. The standard InChI is InChI=1S/C11H16F4O4/c1-3-7(2)9(16)18-4-5-19-10(17)11(14,15)6-8(12)13/h7-8H,3-6H2,1-2H3. The quantitative estimate of drug-likeness (QED) is 0.391. The predicted molar refractivity (Wildman–Crippen MR) is 56.9 cm³/mol. The van der Waals surface area contributed by atoms with Crippen LogP contribution in [0.4, 0.5) is 17.6 Å². The molecule has 0 saturated carbocycles. The summed E-state index contributed by atoms with van der Waals surface area (Å²) in [5.74, 6) is -7.18. The first kappa shape index (κ1) is 17.7. The second kappa shape index (κ2) is 7.96. The molecule has 0 aliphatic carbocycles. The van der Waals surface area contributed by atoms with Crippen molar-refractivity contribution in [2.75, 3.05) is 13.2 Å². The summed E-state index contributed by atoms with van der Waals surface area (Å²) < 4.78 is 57.8. The molecule has 0 aromatic rings. The Bertz CT molecular complexity index is 307. The van der Waals surface area contributed by atoms with Crippen molar-refractivity contribution in [1.29, 1.82) is 0 Å². The largest absolute Gasteiger partial charge is 0.462 e. The summed E-state index contributed by atoms with van der Waals surface area (Å²) in [4.78, 5) is 21.9. The smallest absolute Gasteiger partial charge is 0.377 e. The lowest BCUT2D eigenvalue weighted by atomic mass is 10.1. The summed E-state index contributed by atoms with van der Waals surface area (Å²) in [5.41, 5.74) is 0. The van der Waals surface area contributed by atoms with Crippen LogP contribution in [0.2, 0.25) is 0 Å². The molecule has 19 heavy (non-hydrogen) atoms. The van der Waals surface area contributed by atoms with Gasteiger partial charge in [0.25, 0.3) is 0 Å². The van der Waals surface area contributed by atoms with Gasteiger partial charge in [-0.15, -0.1) is 0 Å². The Morgan fingerprint density at radius 2 is 1.68 bits per heavy atom. The molecule has 0 heterocycles. The maximum atomic E-state index is 12.8. The third-order valence-corrected chi connectivity index (χ3v) is 2.28. The number of ether oxygens (including phenoxy) is 2. The molecule has 4 nitrogen and oxygen atoms in total. The zero-order valence-electron chi connectivity index (χ0n) is 10.6. The normalized spacial score (nSPS) is 13.2. The van der Waals surface area contributed by atoms with Crippen LogP contribution in [0.5, 0.6) is 0 Å². The van der Waals surface area contributed by atoms with E-state index in [9.17, 15) is 27.2 Å². The molecule has 112 valence electrons. The summed E-state index contributed by atoms with van der Waals surface area (Å²) in [6, 6.07) is 0. The van der Waals surface area contributed by atoms with Crippen molar-refractivity contribution >= 4 is 11.9 Å². The van der Waals surface area contributed by atoms with E-state index in [1.54, 1.807) is 13.8 Å². The van der Waals surface area contributed by atoms with E-state index < -0.39 is 37.3 Å². The van der Waals surface area contributed by atoms with Gasteiger partial charge in [0.2, 0.25) is 6.43 Å². The predicted octanol–water partition coefficient (Wildman–Crippen LogP) is 2.41. The zero-order valence-corrected chi connectivity index (χ0v) is 10.6. The SMILES string of the molecule is CCC(C)C(=O)OCCOC(=O)C(F)(F)CC(F)F. The second-order valence-electron chi connectivity index (χ2n) is 3.91. The van der Waals surface area contributed by atoms with Crippen molar-refractivity contribution < 1.29 is 36.6 Å². The molecule has 8 heteroatoms. The highest BCUT2D eigenvalue weighted by Crippen LogP contribution is 2.24. The van der Waals surface area contributed by atoms with E-state index in [0.717, 1.165) is 0 Å².